The highest BCUT2D eigenvalue weighted by molar-refractivity contribution is 9.10. The fraction of sp³-hybridized carbons (Fsp3) is 0.182. The Hall–Kier alpha value is -1.88. The van der Waals surface area contributed by atoms with Gasteiger partial charge in [-0.3, -0.25) is 0 Å². The summed E-state index contributed by atoms with van der Waals surface area (Å²) in [4.78, 5) is 0. The van der Waals surface area contributed by atoms with Crippen LogP contribution >= 0.6 is 15.9 Å². The van der Waals surface area contributed by atoms with Gasteiger partial charge in [-0.1, -0.05) is 51.4 Å². The lowest BCUT2D eigenvalue weighted by Crippen LogP contribution is -2.23. The number of aryl methyl sites for hydroxylation is 1. The van der Waals surface area contributed by atoms with Gasteiger partial charge in [-0.25, -0.2) is 0 Å². The van der Waals surface area contributed by atoms with Crippen molar-refractivity contribution in [2.45, 2.75) is 20.5 Å². The smallest absolute Gasteiger partial charge is 0.127 e. The summed E-state index contributed by atoms with van der Waals surface area (Å²) < 4.78 is 12.8. The second kappa shape index (κ2) is 9.17. The van der Waals surface area contributed by atoms with Crippen LogP contribution in [0.4, 0.5) is 0 Å². The third kappa shape index (κ3) is 5.31. The van der Waals surface area contributed by atoms with Crippen molar-refractivity contribution in [3.8, 4) is 11.5 Å². The van der Waals surface area contributed by atoms with E-state index in [-0.39, 0.29) is 0 Å². The molecule has 2 nitrogen and oxygen atoms in total. The van der Waals surface area contributed by atoms with Crippen LogP contribution in [-0.4, -0.2) is 15.7 Å². The molecule has 2 radical (unpaired) electrons. The van der Waals surface area contributed by atoms with E-state index < -0.39 is 0 Å². The number of halogens is 1. The van der Waals surface area contributed by atoms with Gasteiger partial charge in [0, 0.05) is 10.7 Å². The summed E-state index contributed by atoms with van der Waals surface area (Å²) in [6.45, 7) is 4.93. The fourth-order valence-electron chi connectivity index (χ4n) is 2.58. The van der Waals surface area contributed by atoms with Crippen LogP contribution in [0.3, 0.4) is 0 Å². The van der Waals surface area contributed by atoms with Crippen LogP contribution < -0.4 is 9.92 Å². The first-order valence-electron chi connectivity index (χ1n) is 8.52. The van der Waals surface area contributed by atoms with Crippen LogP contribution in [-0.2, 0) is 11.3 Å². The molecule has 3 aromatic rings. The van der Waals surface area contributed by atoms with Crippen LogP contribution in [0.15, 0.2) is 71.2 Å². The lowest BCUT2D eigenvalue weighted by molar-refractivity contribution is 0.164. The Bertz CT molecular complexity index is 862. The topological polar surface area (TPSA) is 18.5 Å². The third-order valence-corrected chi connectivity index (χ3v) is 5.99. The molecule has 26 heavy (non-hydrogen) atoms. The van der Waals surface area contributed by atoms with Gasteiger partial charge < -0.3 is 9.47 Å². The first-order valence-corrected chi connectivity index (χ1v) is 10.5. The van der Waals surface area contributed by atoms with Crippen molar-refractivity contribution in [1.82, 2.24) is 0 Å². The highest BCUT2D eigenvalue weighted by atomic mass is 79.9. The average molecular weight is 425 g/mol. The van der Waals surface area contributed by atoms with Crippen LogP contribution in [0.1, 0.15) is 16.7 Å². The summed E-state index contributed by atoms with van der Waals surface area (Å²) in [6.07, 6.45) is 0.738. The zero-order valence-corrected chi connectivity index (χ0v) is 17.5. The summed E-state index contributed by atoms with van der Waals surface area (Å²) >= 11 is 3.43. The summed E-state index contributed by atoms with van der Waals surface area (Å²) in [7, 11) is 0.667. The molecule has 4 heteroatoms. The van der Waals surface area contributed by atoms with Crippen molar-refractivity contribution in [1.29, 1.82) is 0 Å². The number of benzene rings is 3. The SMILES string of the molecule is Cc1cccc([Si]COCc2cccc(Oc3ccc(Br)cc3)c2)c1C. The van der Waals surface area contributed by atoms with E-state index in [2.05, 4.69) is 54.0 Å². The van der Waals surface area contributed by atoms with Gasteiger partial charge in [0.15, 0.2) is 0 Å². The second-order valence-electron chi connectivity index (χ2n) is 6.12. The predicted octanol–water partition coefficient (Wildman–Crippen LogP) is 5.36. The van der Waals surface area contributed by atoms with Crippen molar-refractivity contribution in [2.24, 2.45) is 0 Å². The monoisotopic (exact) mass is 424 g/mol. The molecular weight excluding hydrogens is 404 g/mol. The molecule has 3 aromatic carbocycles. The predicted molar refractivity (Wildman–Crippen MR) is 112 cm³/mol. The largest absolute Gasteiger partial charge is 0.457 e. The first-order chi connectivity index (χ1) is 12.6. The molecular formula is C22H21BrO2Si. The van der Waals surface area contributed by atoms with Crippen LogP contribution in [0.25, 0.3) is 0 Å². The minimum absolute atomic E-state index is 0.593. The molecule has 0 fully saturated rings. The van der Waals surface area contributed by atoms with Gasteiger partial charge in [-0.15, -0.1) is 0 Å². The van der Waals surface area contributed by atoms with E-state index in [9.17, 15) is 0 Å². The molecule has 0 unspecified atom stereocenters. The Labute approximate surface area is 166 Å². The van der Waals surface area contributed by atoms with E-state index in [1.54, 1.807) is 0 Å². The van der Waals surface area contributed by atoms with Gasteiger partial charge in [-0.05, 0) is 66.9 Å². The van der Waals surface area contributed by atoms with Crippen molar-refractivity contribution < 1.29 is 9.47 Å². The van der Waals surface area contributed by atoms with E-state index in [0.717, 1.165) is 27.8 Å². The molecule has 3 rings (SSSR count). The quantitative estimate of drug-likeness (QED) is 0.375. The zero-order chi connectivity index (χ0) is 18.4. The summed E-state index contributed by atoms with van der Waals surface area (Å²) in [5.74, 6) is 1.65. The standard InChI is InChI=1S/C22H21BrO2Si/c1-16-5-3-8-22(17(16)2)26-15-24-14-18-6-4-7-21(13-18)25-20-11-9-19(23)10-12-20/h3-13H,14-15H2,1-2H3. The molecule has 0 heterocycles. The molecule has 0 spiro atoms. The number of rotatable bonds is 7. The maximum absolute atomic E-state index is 5.90. The maximum atomic E-state index is 5.90. The lowest BCUT2D eigenvalue weighted by Gasteiger charge is -2.10. The zero-order valence-electron chi connectivity index (χ0n) is 15.0. The molecule has 0 bridgehead atoms. The molecule has 0 aromatic heterocycles. The van der Waals surface area contributed by atoms with Crippen molar-refractivity contribution >= 4 is 30.6 Å². The van der Waals surface area contributed by atoms with Gasteiger partial charge in [-0.2, -0.15) is 0 Å². The summed E-state index contributed by atoms with van der Waals surface area (Å²) in [6, 6.07) is 22.3. The molecule has 0 saturated heterocycles. The number of hydrogen-bond donors (Lipinski definition) is 0. The molecule has 0 saturated carbocycles. The fourth-order valence-corrected chi connectivity index (χ4v) is 3.88. The van der Waals surface area contributed by atoms with E-state index in [4.69, 9.17) is 9.47 Å². The Morgan fingerprint density at radius 2 is 1.65 bits per heavy atom. The van der Waals surface area contributed by atoms with Crippen LogP contribution in [0.5, 0.6) is 11.5 Å². The summed E-state index contributed by atoms with van der Waals surface area (Å²) in [5, 5.41) is 1.39. The molecule has 0 amide bonds. The van der Waals surface area contributed by atoms with Crippen molar-refractivity contribution in [3.63, 3.8) is 0 Å². The van der Waals surface area contributed by atoms with Gasteiger partial charge in [0.1, 0.15) is 21.0 Å². The van der Waals surface area contributed by atoms with Crippen LogP contribution in [0.2, 0.25) is 0 Å². The Morgan fingerprint density at radius 3 is 2.46 bits per heavy atom. The maximum Gasteiger partial charge on any atom is 0.127 e. The molecule has 132 valence electrons. The van der Waals surface area contributed by atoms with Crippen molar-refractivity contribution in [3.05, 3.63) is 87.9 Å². The third-order valence-electron chi connectivity index (χ3n) is 4.19. The highest BCUT2D eigenvalue weighted by Crippen LogP contribution is 2.24. The molecule has 0 atom stereocenters. The van der Waals surface area contributed by atoms with Crippen LogP contribution in [0, 0.1) is 13.8 Å². The number of hydrogen-bond acceptors (Lipinski definition) is 2. The van der Waals surface area contributed by atoms with Gasteiger partial charge in [0.05, 0.1) is 6.61 Å². The molecule has 0 N–H and O–H groups in total. The molecule has 0 aliphatic carbocycles. The van der Waals surface area contributed by atoms with Gasteiger partial charge in [0.2, 0.25) is 0 Å². The minimum Gasteiger partial charge on any atom is -0.457 e. The number of ether oxygens (including phenoxy) is 2. The average Bonchev–Trinajstić information content (AvgIpc) is 2.64. The summed E-state index contributed by atoms with van der Waals surface area (Å²) in [5.41, 5.74) is 3.83. The van der Waals surface area contributed by atoms with E-state index in [0.29, 0.717) is 16.1 Å². The Morgan fingerprint density at radius 1 is 0.885 bits per heavy atom. The lowest BCUT2D eigenvalue weighted by atomic mass is 10.1. The Balaban J connectivity index is 1.52. The van der Waals surface area contributed by atoms with E-state index >= 15 is 0 Å². The minimum atomic E-state index is 0.593. The van der Waals surface area contributed by atoms with Gasteiger partial charge >= 0.3 is 0 Å². The Kier molecular flexibility index (Phi) is 6.66. The normalized spacial score (nSPS) is 10.7. The first kappa shape index (κ1) is 18.9. The van der Waals surface area contributed by atoms with E-state index in [1.807, 2.05) is 42.5 Å². The second-order valence-corrected chi connectivity index (χ2v) is 8.22. The highest BCUT2D eigenvalue weighted by Gasteiger charge is 2.03. The van der Waals surface area contributed by atoms with E-state index in [1.165, 1.54) is 16.3 Å². The molecule has 0 aliphatic rings. The van der Waals surface area contributed by atoms with Crippen molar-refractivity contribution in [2.75, 3.05) is 6.23 Å². The van der Waals surface area contributed by atoms with Gasteiger partial charge in [0.25, 0.3) is 0 Å². The molecule has 0 aliphatic heterocycles.